The van der Waals surface area contributed by atoms with E-state index in [2.05, 4.69) is 0 Å². The third-order valence-corrected chi connectivity index (χ3v) is 5.74. The summed E-state index contributed by atoms with van der Waals surface area (Å²) in [5, 5.41) is -0.954. The van der Waals surface area contributed by atoms with Crippen LogP contribution in [0.2, 0.25) is 0 Å². The van der Waals surface area contributed by atoms with Crippen molar-refractivity contribution in [2.24, 2.45) is 0 Å². The Hall–Kier alpha value is -0.650. The van der Waals surface area contributed by atoms with Gasteiger partial charge in [0.15, 0.2) is 24.8 Å². The van der Waals surface area contributed by atoms with Crippen LogP contribution in [0.3, 0.4) is 0 Å². The van der Waals surface area contributed by atoms with E-state index in [0.29, 0.717) is 0 Å². The van der Waals surface area contributed by atoms with Crippen molar-refractivity contribution in [3.63, 3.8) is 0 Å². The Morgan fingerprint density at radius 2 is 1.73 bits per heavy atom. The van der Waals surface area contributed by atoms with Gasteiger partial charge >= 0.3 is 0 Å². The molecule has 1 fully saturated rings. The summed E-state index contributed by atoms with van der Waals surface area (Å²) in [5.41, 5.74) is 0. The average Bonchev–Trinajstić information content (AvgIpc) is 1.99. The van der Waals surface area contributed by atoms with Gasteiger partial charge in [0.25, 0.3) is 0 Å². The van der Waals surface area contributed by atoms with Gasteiger partial charge in [-0.25, -0.2) is 21.6 Å². The molecule has 0 N–H and O–H groups in total. The summed E-state index contributed by atoms with van der Waals surface area (Å²) >= 11 is 0. The van der Waals surface area contributed by atoms with Crippen molar-refractivity contribution in [3.8, 4) is 0 Å². The molecule has 0 atom stereocenters. The number of sulfone groups is 2. The lowest BCUT2D eigenvalue weighted by Crippen LogP contribution is -2.03. The molecule has 0 aliphatic carbocycles. The van der Waals surface area contributed by atoms with Crippen LogP contribution in [0.4, 0.5) is 0 Å². The minimum atomic E-state index is -3.84. The second-order valence-electron chi connectivity index (χ2n) is 2.15. The van der Waals surface area contributed by atoms with E-state index in [0.717, 1.165) is 5.94 Å². The van der Waals surface area contributed by atoms with Gasteiger partial charge in [-0.3, -0.25) is 0 Å². The van der Waals surface area contributed by atoms with Crippen molar-refractivity contribution in [2.75, 3.05) is 10.8 Å². The largest absolute Gasteiger partial charge is 0.232 e. The molecule has 0 amide bonds. The minimum Gasteiger partial charge on any atom is -0.232 e. The maximum absolute atomic E-state index is 10.7. The molecule has 1 saturated heterocycles. The molecule has 0 aromatic rings. The monoisotopic (exact) mass is 196 g/mol. The highest BCUT2D eigenvalue weighted by Crippen LogP contribution is 2.18. The minimum absolute atomic E-state index is 0.655. The maximum atomic E-state index is 10.7. The first kappa shape index (κ1) is 8.45. The highest BCUT2D eigenvalue weighted by molar-refractivity contribution is 8.13. The van der Waals surface area contributed by atoms with Crippen molar-refractivity contribution in [2.45, 2.75) is 0 Å². The zero-order valence-corrected chi connectivity index (χ0v) is 6.90. The third-order valence-electron chi connectivity index (χ3n) is 1.17. The highest BCUT2D eigenvalue weighted by Gasteiger charge is 2.37. The fourth-order valence-electron chi connectivity index (χ4n) is 0.732. The lowest BCUT2D eigenvalue weighted by molar-refractivity contribution is 0.567. The van der Waals surface area contributed by atoms with E-state index in [1.807, 2.05) is 0 Å². The molecule has 0 aromatic heterocycles. The molecule has 0 bridgehead atoms. The van der Waals surface area contributed by atoms with Crippen LogP contribution in [-0.4, -0.2) is 33.6 Å². The molecule has 1 aliphatic heterocycles. The van der Waals surface area contributed by atoms with Gasteiger partial charge < -0.3 is 0 Å². The molecule has 0 radical (unpaired) electrons. The molecule has 5 nitrogen and oxygen atoms in total. The van der Waals surface area contributed by atoms with Gasteiger partial charge in [-0.2, -0.15) is 0 Å². The summed E-state index contributed by atoms with van der Waals surface area (Å²) in [5.74, 6) is 0.414. The Balaban J connectivity index is 3.42. The van der Waals surface area contributed by atoms with Crippen molar-refractivity contribution >= 4 is 25.6 Å². The van der Waals surface area contributed by atoms with E-state index in [9.17, 15) is 21.6 Å². The van der Waals surface area contributed by atoms with Gasteiger partial charge in [0.2, 0.25) is 0 Å². The van der Waals surface area contributed by atoms with Gasteiger partial charge in [0.1, 0.15) is 10.8 Å². The van der Waals surface area contributed by atoms with E-state index in [1.165, 1.54) is 0 Å². The summed E-state index contributed by atoms with van der Waals surface area (Å²) in [4.78, 5) is 9.25. The Morgan fingerprint density at radius 3 is 1.91 bits per heavy atom. The molecule has 62 valence electrons. The van der Waals surface area contributed by atoms with Crippen LogP contribution < -0.4 is 0 Å². The lowest BCUT2D eigenvalue weighted by Gasteiger charge is -1.82. The van der Waals surface area contributed by atoms with E-state index in [1.54, 1.807) is 0 Å². The molecule has 0 saturated carbocycles. The summed E-state index contributed by atoms with van der Waals surface area (Å²) in [7, 11) is -7.44. The number of hydrogen-bond donors (Lipinski definition) is 0. The smallest absolute Gasteiger partial charge is 0.200 e. The van der Waals surface area contributed by atoms with Crippen molar-refractivity contribution in [3.05, 3.63) is 4.91 Å². The lowest BCUT2D eigenvalue weighted by atomic mass is 10.7. The van der Waals surface area contributed by atoms with E-state index >= 15 is 0 Å². The van der Waals surface area contributed by atoms with Crippen molar-refractivity contribution in [1.29, 1.82) is 0 Å². The molecule has 7 heteroatoms. The zero-order chi connectivity index (χ0) is 8.70. The Bertz CT molecular complexity index is 419. The number of hydrogen-bond acceptors (Lipinski definition) is 5. The predicted molar refractivity (Wildman–Crippen MR) is 36.8 cm³/mol. The summed E-state index contributed by atoms with van der Waals surface area (Å²) in [6.45, 7) is 0. The Morgan fingerprint density at radius 1 is 1.18 bits per heavy atom. The molecule has 1 heterocycles. The first-order chi connectivity index (χ1) is 4.87. The van der Waals surface area contributed by atoms with Crippen molar-refractivity contribution < 1.29 is 21.6 Å². The van der Waals surface area contributed by atoms with Crippen LogP contribution in [-0.2, 0) is 24.5 Å². The first-order valence-corrected chi connectivity index (χ1v) is 6.02. The Kier molecular flexibility index (Phi) is 1.66. The summed E-state index contributed by atoms with van der Waals surface area (Å²) < 4.78 is 42.7. The second kappa shape index (κ2) is 2.17. The average molecular weight is 196 g/mol. The van der Waals surface area contributed by atoms with E-state index in [-0.39, 0.29) is 0 Å². The molecule has 0 spiro atoms. The second-order valence-corrected chi connectivity index (χ2v) is 6.59. The first-order valence-electron chi connectivity index (χ1n) is 2.54. The fourth-order valence-corrected chi connectivity index (χ4v) is 5.37. The van der Waals surface area contributed by atoms with Gasteiger partial charge in [0, 0.05) is 0 Å². The van der Waals surface area contributed by atoms with Crippen LogP contribution >= 0.6 is 0 Å². The molecular formula is C4H4O5S2. The van der Waals surface area contributed by atoms with Crippen LogP contribution in [0.25, 0.3) is 0 Å². The van der Waals surface area contributed by atoms with Crippen LogP contribution in [0, 0.1) is 0 Å². The highest BCUT2D eigenvalue weighted by atomic mass is 32.3. The van der Waals surface area contributed by atoms with Crippen molar-refractivity contribution in [1.82, 2.24) is 0 Å². The van der Waals surface area contributed by atoms with Gasteiger partial charge in [-0.1, -0.05) is 0 Å². The van der Waals surface area contributed by atoms with Crippen LogP contribution in [0.15, 0.2) is 4.91 Å². The standard InChI is InChI=1S/C4H4O5S2/c5-1-4-2-10(6,7)3-11(4,8)9/h2-3H2. The van der Waals surface area contributed by atoms with E-state index < -0.39 is 35.4 Å². The molecule has 0 unspecified atom stereocenters. The molecule has 1 aliphatic rings. The quantitative estimate of drug-likeness (QED) is 0.440. The molecule has 0 aromatic carbocycles. The maximum Gasteiger partial charge on any atom is 0.200 e. The van der Waals surface area contributed by atoms with Gasteiger partial charge in [-0.15, -0.1) is 0 Å². The van der Waals surface area contributed by atoms with Gasteiger partial charge in [0.05, 0.1) is 5.75 Å². The normalized spacial score (nSPS) is 26.4. The number of carbonyl (C=O) groups excluding carboxylic acids is 1. The third kappa shape index (κ3) is 1.50. The zero-order valence-electron chi connectivity index (χ0n) is 5.27. The Labute approximate surface area is 63.6 Å². The van der Waals surface area contributed by atoms with Crippen LogP contribution in [0.5, 0.6) is 0 Å². The topological polar surface area (TPSA) is 85.3 Å². The molecular weight excluding hydrogens is 192 g/mol. The number of rotatable bonds is 0. The fraction of sp³-hybridized carbons (Fsp3) is 0.500. The van der Waals surface area contributed by atoms with Gasteiger partial charge in [-0.05, 0) is 0 Å². The molecule has 11 heavy (non-hydrogen) atoms. The predicted octanol–water partition coefficient (Wildman–Crippen LogP) is -1.50. The summed E-state index contributed by atoms with van der Waals surface area (Å²) in [6, 6.07) is 0. The van der Waals surface area contributed by atoms with E-state index in [4.69, 9.17) is 0 Å². The molecule has 1 rings (SSSR count). The van der Waals surface area contributed by atoms with Crippen LogP contribution in [0.1, 0.15) is 0 Å². The summed E-state index contributed by atoms with van der Waals surface area (Å²) in [6.07, 6.45) is 0. The SMILES string of the molecule is O=C=C1CS(=O)(=O)CS1(=O)=O.